The van der Waals surface area contributed by atoms with Gasteiger partial charge in [-0.2, -0.15) is 0 Å². The summed E-state index contributed by atoms with van der Waals surface area (Å²) < 4.78 is 5.50. The van der Waals surface area contributed by atoms with Gasteiger partial charge in [-0.3, -0.25) is 9.79 Å². The summed E-state index contributed by atoms with van der Waals surface area (Å²) in [5.74, 6) is 1.76. The number of carbonyl (C=O) groups excluding carboxylic acids is 1. The van der Waals surface area contributed by atoms with Crippen LogP contribution in [0.2, 0.25) is 0 Å². The van der Waals surface area contributed by atoms with Gasteiger partial charge in [0, 0.05) is 52.4 Å². The Kier molecular flexibility index (Phi) is 7.54. The van der Waals surface area contributed by atoms with Gasteiger partial charge >= 0.3 is 0 Å². The van der Waals surface area contributed by atoms with Gasteiger partial charge in [0.25, 0.3) is 5.91 Å². The molecule has 30 heavy (non-hydrogen) atoms. The molecule has 1 fully saturated rings. The fraction of sp³-hybridized carbons (Fsp3) is 0.391. The Hall–Kier alpha value is -3.22. The maximum atomic E-state index is 11.8. The van der Waals surface area contributed by atoms with Crippen LogP contribution in [0, 0.1) is 0 Å². The normalized spacial score (nSPS) is 14.4. The number of rotatable bonds is 6. The number of benzene rings is 2. The molecule has 1 heterocycles. The van der Waals surface area contributed by atoms with E-state index in [1.807, 2.05) is 49.5 Å². The van der Waals surface area contributed by atoms with Gasteiger partial charge in [-0.1, -0.05) is 24.3 Å². The zero-order valence-corrected chi connectivity index (χ0v) is 18.0. The highest BCUT2D eigenvalue weighted by atomic mass is 16.5. The lowest BCUT2D eigenvalue weighted by molar-refractivity contribution is 0.0963. The summed E-state index contributed by atoms with van der Waals surface area (Å²) in [5, 5.41) is 6.12. The lowest BCUT2D eigenvalue weighted by atomic mass is 10.1. The van der Waals surface area contributed by atoms with E-state index >= 15 is 0 Å². The van der Waals surface area contributed by atoms with Gasteiger partial charge in [-0.05, 0) is 36.2 Å². The summed E-state index contributed by atoms with van der Waals surface area (Å²) in [6, 6.07) is 15.9. The summed E-state index contributed by atoms with van der Waals surface area (Å²) in [7, 11) is 5.18. The highest BCUT2D eigenvalue weighted by molar-refractivity contribution is 5.94. The Morgan fingerprint density at radius 3 is 2.57 bits per heavy atom. The minimum atomic E-state index is -0.0615. The molecule has 1 aliphatic heterocycles. The Morgan fingerprint density at radius 1 is 1.10 bits per heavy atom. The number of aliphatic imine (C=N–C) groups is 1. The van der Waals surface area contributed by atoms with Crippen molar-refractivity contribution >= 4 is 17.6 Å². The van der Waals surface area contributed by atoms with E-state index in [-0.39, 0.29) is 5.91 Å². The maximum Gasteiger partial charge on any atom is 0.251 e. The molecule has 0 bridgehead atoms. The molecule has 2 N–H and O–H groups in total. The van der Waals surface area contributed by atoms with Gasteiger partial charge in [0.15, 0.2) is 5.96 Å². The number of guanidine groups is 1. The molecular weight excluding hydrogens is 378 g/mol. The lowest BCUT2D eigenvalue weighted by Gasteiger charge is -2.38. The van der Waals surface area contributed by atoms with Crippen LogP contribution in [0.3, 0.4) is 0 Å². The van der Waals surface area contributed by atoms with E-state index in [4.69, 9.17) is 4.74 Å². The van der Waals surface area contributed by atoms with Gasteiger partial charge in [-0.15, -0.1) is 0 Å². The molecule has 0 spiro atoms. The summed E-state index contributed by atoms with van der Waals surface area (Å²) in [4.78, 5) is 20.9. The summed E-state index contributed by atoms with van der Waals surface area (Å²) in [6.07, 6.45) is 0.824. The third kappa shape index (κ3) is 5.23. The summed E-state index contributed by atoms with van der Waals surface area (Å²) in [5.41, 5.74) is 2.95. The van der Waals surface area contributed by atoms with Crippen LogP contribution in [-0.4, -0.2) is 70.7 Å². The number of anilines is 1. The van der Waals surface area contributed by atoms with Crippen molar-refractivity contribution in [3.63, 3.8) is 0 Å². The Labute approximate surface area is 178 Å². The third-order valence-corrected chi connectivity index (χ3v) is 5.33. The quantitative estimate of drug-likeness (QED) is 0.564. The van der Waals surface area contributed by atoms with E-state index in [2.05, 4.69) is 31.5 Å². The summed E-state index contributed by atoms with van der Waals surface area (Å²) in [6.45, 7) is 4.37. The maximum absolute atomic E-state index is 11.8. The molecule has 0 saturated carbocycles. The standard InChI is InChI=1S/C23H31N5O2/c1-24-22(29)19-8-6-7-18(17-19)11-12-26-23(25-2)28-15-13-27(14-16-28)20-9-4-5-10-21(20)30-3/h4-10,17H,11-16H2,1-3H3,(H,24,29)(H,25,26). The smallest absolute Gasteiger partial charge is 0.251 e. The average Bonchev–Trinajstić information content (AvgIpc) is 2.81. The van der Waals surface area contributed by atoms with Crippen LogP contribution in [0.5, 0.6) is 5.75 Å². The molecule has 1 saturated heterocycles. The molecule has 2 aromatic carbocycles. The molecule has 0 aromatic heterocycles. The Balaban J connectivity index is 1.51. The minimum Gasteiger partial charge on any atom is -0.495 e. The number of amides is 1. The second kappa shape index (κ2) is 10.5. The van der Waals surface area contributed by atoms with E-state index in [1.54, 1.807) is 14.2 Å². The lowest BCUT2D eigenvalue weighted by Crippen LogP contribution is -2.52. The first-order valence-electron chi connectivity index (χ1n) is 10.3. The van der Waals surface area contributed by atoms with Crippen molar-refractivity contribution in [2.75, 3.05) is 58.8 Å². The van der Waals surface area contributed by atoms with Crippen molar-refractivity contribution in [3.8, 4) is 5.75 Å². The van der Waals surface area contributed by atoms with Crippen molar-refractivity contribution in [1.29, 1.82) is 0 Å². The molecule has 3 rings (SSSR count). The highest BCUT2D eigenvalue weighted by Crippen LogP contribution is 2.28. The topological polar surface area (TPSA) is 69.2 Å². The number of hydrogen-bond acceptors (Lipinski definition) is 4. The average molecular weight is 410 g/mol. The number of methoxy groups -OCH3 is 1. The number of nitrogens with one attached hydrogen (secondary N) is 2. The first-order valence-corrected chi connectivity index (χ1v) is 10.3. The third-order valence-electron chi connectivity index (χ3n) is 5.33. The molecule has 160 valence electrons. The molecule has 7 heteroatoms. The molecule has 0 atom stereocenters. The second-order valence-electron chi connectivity index (χ2n) is 7.15. The number of ether oxygens (including phenoxy) is 1. The van der Waals surface area contributed by atoms with Gasteiger partial charge in [0.1, 0.15) is 5.75 Å². The zero-order chi connectivity index (χ0) is 21.3. The minimum absolute atomic E-state index is 0.0615. The van der Waals surface area contributed by atoms with Crippen LogP contribution in [-0.2, 0) is 6.42 Å². The van der Waals surface area contributed by atoms with Crippen molar-refractivity contribution in [2.24, 2.45) is 4.99 Å². The highest BCUT2D eigenvalue weighted by Gasteiger charge is 2.21. The van der Waals surface area contributed by atoms with E-state index in [9.17, 15) is 4.79 Å². The van der Waals surface area contributed by atoms with Crippen LogP contribution >= 0.6 is 0 Å². The van der Waals surface area contributed by atoms with E-state index in [0.717, 1.165) is 62.1 Å². The second-order valence-corrected chi connectivity index (χ2v) is 7.15. The number of carbonyl (C=O) groups is 1. The SMILES string of the molecule is CN=C(NCCc1cccc(C(=O)NC)c1)N1CCN(c2ccccc2OC)CC1. The Morgan fingerprint density at radius 2 is 1.87 bits per heavy atom. The fourth-order valence-electron chi connectivity index (χ4n) is 3.71. The van der Waals surface area contributed by atoms with Crippen molar-refractivity contribution in [3.05, 3.63) is 59.7 Å². The van der Waals surface area contributed by atoms with Gasteiger partial charge in [0.05, 0.1) is 12.8 Å². The monoisotopic (exact) mass is 409 g/mol. The van der Waals surface area contributed by atoms with Gasteiger partial charge in [-0.25, -0.2) is 0 Å². The van der Waals surface area contributed by atoms with E-state index in [1.165, 1.54) is 0 Å². The van der Waals surface area contributed by atoms with Crippen LogP contribution in [0.4, 0.5) is 5.69 Å². The molecule has 0 aliphatic carbocycles. The molecule has 1 aliphatic rings. The molecule has 1 amide bonds. The fourth-order valence-corrected chi connectivity index (χ4v) is 3.71. The van der Waals surface area contributed by atoms with E-state index < -0.39 is 0 Å². The van der Waals surface area contributed by atoms with Crippen LogP contribution in [0.25, 0.3) is 0 Å². The van der Waals surface area contributed by atoms with Crippen LogP contribution in [0.1, 0.15) is 15.9 Å². The Bertz CT molecular complexity index is 875. The first-order chi connectivity index (χ1) is 14.7. The zero-order valence-electron chi connectivity index (χ0n) is 18.0. The van der Waals surface area contributed by atoms with E-state index in [0.29, 0.717) is 5.56 Å². The van der Waals surface area contributed by atoms with Crippen molar-refractivity contribution in [2.45, 2.75) is 6.42 Å². The predicted octanol–water partition coefficient (Wildman–Crippen LogP) is 1.99. The summed E-state index contributed by atoms with van der Waals surface area (Å²) >= 11 is 0. The van der Waals surface area contributed by atoms with Crippen molar-refractivity contribution < 1.29 is 9.53 Å². The number of para-hydroxylation sites is 2. The molecule has 0 radical (unpaired) electrons. The van der Waals surface area contributed by atoms with Crippen LogP contribution in [0.15, 0.2) is 53.5 Å². The van der Waals surface area contributed by atoms with Gasteiger partial charge < -0.3 is 25.2 Å². The predicted molar refractivity (Wildman–Crippen MR) is 122 cm³/mol. The number of hydrogen-bond donors (Lipinski definition) is 2. The first kappa shape index (κ1) is 21.5. The molecule has 2 aromatic rings. The molecule has 7 nitrogen and oxygen atoms in total. The molecular formula is C23H31N5O2. The largest absolute Gasteiger partial charge is 0.495 e. The van der Waals surface area contributed by atoms with Crippen LogP contribution < -0.4 is 20.3 Å². The molecule has 0 unspecified atom stereocenters. The van der Waals surface area contributed by atoms with Gasteiger partial charge in [0.2, 0.25) is 0 Å². The number of nitrogens with zero attached hydrogens (tertiary/aromatic N) is 3. The number of piperazine rings is 1. The van der Waals surface area contributed by atoms with Crippen molar-refractivity contribution in [1.82, 2.24) is 15.5 Å².